The van der Waals surface area contributed by atoms with Crippen molar-refractivity contribution in [3.63, 3.8) is 0 Å². The molecule has 2 aromatic rings. The number of halogens is 3. The highest BCUT2D eigenvalue weighted by molar-refractivity contribution is 7.99. The molecule has 0 atom stereocenters. The second kappa shape index (κ2) is 8.17. The van der Waals surface area contributed by atoms with Crippen LogP contribution < -0.4 is 10.1 Å². The van der Waals surface area contributed by atoms with E-state index in [-0.39, 0.29) is 27.9 Å². The Morgan fingerprint density at radius 1 is 1.26 bits per heavy atom. The molecule has 0 fully saturated rings. The number of alkyl halides is 2. The highest BCUT2D eigenvalue weighted by Gasteiger charge is 2.15. The van der Waals surface area contributed by atoms with Crippen LogP contribution >= 0.6 is 23.4 Å². The molecule has 0 saturated carbocycles. The first-order chi connectivity index (χ1) is 11.0. The maximum Gasteiger partial charge on any atom is 0.289 e. The number of ether oxygens (including phenoxy) is 1. The molecule has 7 heteroatoms. The monoisotopic (exact) mass is 357 g/mol. The number of carbonyl (C=O) groups excluding carboxylic acids is 1. The number of rotatable bonds is 6. The van der Waals surface area contributed by atoms with E-state index < -0.39 is 5.76 Å². The number of methoxy groups -OCH3 is 1. The Bertz CT molecular complexity index is 680. The van der Waals surface area contributed by atoms with Gasteiger partial charge in [-0.3, -0.25) is 4.79 Å². The van der Waals surface area contributed by atoms with Crippen LogP contribution in [0.4, 0.5) is 14.5 Å². The molecular weight excluding hydrogens is 344 g/mol. The third kappa shape index (κ3) is 5.11. The molecule has 23 heavy (non-hydrogen) atoms. The summed E-state index contributed by atoms with van der Waals surface area (Å²) in [6, 6.07) is 11.7. The Balaban J connectivity index is 2.09. The van der Waals surface area contributed by atoms with Crippen molar-refractivity contribution >= 4 is 35.0 Å². The topological polar surface area (TPSA) is 38.3 Å². The first kappa shape index (κ1) is 17.6. The molecule has 0 aliphatic heterocycles. The van der Waals surface area contributed by atoms with Gasteiger partial charge < -0.3 is 10.1 Å². The minimum Gasteiger partial charge on any atom is -0.497 e. The number of amides is 1. The molecule has 122 valence electrons. The van der Waals surface area contributed by atoms with E-state index >= 15 is 0 Å². The van der Waals surface area contributed by atoms with Gasteiger partial charge in [-0.05, 0) is 29.8 Å². The zero-order valence-corrected chi connectivity index (χ0v) is 13.8. The van der Waals surface area contributed by atoms with Gasteiger partial charge in [-0.25, -0.2) is 0 Å². The van der Waals surface area contributed by atoms with Crippen LogP contribution in [-0.4, -0.2) is 18.8 Å². The van der Waals surface area contributed by atoms with Crippen LogP contribution in [0.1, 0.15) is 5.56 Å². The van der Waals surface area contributed by atoms with Gasteiger partial charge in [-0.1, -0.05) is 41.6 Å². The van der Waals surface area contributed by atoms with Gasteiger partial charge in [0.05, 0.1) is 29.1 Å². The molecule has 1 N–H and O–H groups in total. The standard InChI is InChI=1S/C16H14ClF2NO2S/c1-22-11-7-5-10(6-8-11)9-14(21)20-13-4-2-3-12(17)15(13)23-16(18)19/h2-8,16H,9H2,1H3,(H,20,21). The summed E-state index contributed by atoms with van der Waals surface area (Å²) in [5, 5.41) is 2.80. The van der Waals surface area contributed by atoms with Crippen molar-refractivity contribution in [3.05, 3.63) is 53.1 Å². The van der Waals surface area contributed by atoms with Gasteiger partial charge in [-0.15, -0.1) is 0 Å². The number of hydrogen-bond acceptors (Lipinski definition) is 3. The minimum atomic E-state index is -2.62. The Morgan fingerprint density at radius 3 is 2.57 bits per heavy atom. The number of benzene rings is 2. The normalized spacial score (nSPS) is 10.7. The summed E-state index contributed by atoms with van der Waals surface area (Å²) in [6.07, 6.45) is 0.120. The Morgan fingerprint density at radius 2 is 1.96 bits per heavy atom. The van der Waals surface area contributed by atoms with Crippen molar-refractivity contribution in [3.8, 4) is 5.75 Å². The van der Waals surface area contributed by atoms with Gasteiger partial charge in [0.15, 0.2) is 0 Å². The molecule has 0 radical (unpaired) electrons. The lowest BCUT2D eigenvalue weighted by molar-refractivity contribution is -0.115. The van der Waals surface area contributed by atoms with E-state index in [1.54, 1.807) is 43.5 Å². The largest absolute Gasteiger partial charge is 0.497 e. The molecule has 2 aromatic carbocycles. The van der Waals surface area contributed by atoms with Crippen molar-refractivity contribution in [1.29, 1.82) is 0 Å². The highest BCUT2D eigenvalue weighted by atomic mass is 35.5. The van der Waals surface area contributed by atoms with E-state index in [2.05, 4.69) is 5.32 Å². The quantitative estimate of drug-likeness (QED) is 0.751. The molecule has 3 nitrogen and oxygen atoms in total. The molecule has 0 aromatic heterocycles. The average molecular weight is 358 g/mol. The van der Waals surface area contributed by atoms with Gasteiger partial charge in [0, 0.05) is 0 Å². The third-order valence-electron chi connectivity index (χ3n) is 2.97. The number of hydrogen-bond donors (Lipinski definition) is 1. The molecule has 0 unspecified atom stereocenters. The maximum absolute atomic E-state index is 12.6. The first-order valence-electron chi connectivity index (χ1n) is 6.65. The molecule has 0 saturated heterocycles. The van der Waals surface area contributed by atoms with Gasteiger partial charge in [0.2, 0.25) is 5.91 Å². The molecule has 1 amide bonds. The van der Waals surface area contributed by atoms with Gasteiger partial charge in [-0.2, -0.15) is 8.78 Å². The Labute approximate surface area is 142 Å². The number of nitrogens with one attached hydrogen (secondary N) is 1. The van der Waals surface area contributed by atoms with E-state index in [1.807, 2.05) is 0 Å². The second-order valence-corrected chi connectivity index (χ2v) is 5.98. The van der Waals surface area contributed by atoms with Gasteiger partial charge >= 0.3 is 0 Å². The Kier molecular flexibility index (Phi) is 6.24. The lowest BCUT2D eigenvalue weighted by Crippen LogP contribution is -2.15. The molecule has 2 rings (SSSR count). The lowest BCUT2D eigenvalue weighted by atomic mass is 10.1. The van der Waals surface area contributed by atoms with E-state index in [1.165, 1.54) is 6.07 Å². The summed E-state index contributed by atoms with van der Waals surface area (Å²) in [5.41, 5.74) is 1.06. The predicted molar refractivity (Wildman–Crippen MR) is 88.6 cm³/mol. The molecule has 0 heterocycles. The summed E-state index contributed by atoms with van der Waals surface area (Å²) in [7, 11) is 1.56. The molecule has 0 spiro atoms. The van der Waals surface area contributed by atoms with Crippen LogP contribution in [0.2, 0.25) is 5.02 Å². The van der Waals surface area contributed by atoms with Crippen molar-refractivity contribution in [2.45, 2.75) is 17.1 Å². The molecule has 0 aliphatic carbocycles. The van der Waals surface area contributed by atoms with Crippen molar-refractivity contribution in [2.24, 2.45) is 0 Å². The van der Waals surface area contributed by atoms with Crippen molar-refractivity contribution < 1.29 is 18.3 Å². The molecule has 0 bridgehead atoms. The molecule has 0 aliphatic rings. The van der Waals surface area contributed by atoms with Crippen LogP contribution in [0.15, 0.2) is 47.4 Å². The van der Waals surface area contributed by atoms with Crippen LogP contribution in [0, 0.1) is 0 Å². The van der Waals surface area contributed by atoms with Crippen LogP contribution in [0.3, 0.4) is 0 Å². The van der Waals surface area contributed by atoms with Crippen LogP contribution in [0.25, 0.3) is 0 Å². The molecular formula is C16H14ClF2NO2S. The minimum absolute atomic E-state index is 0.120. The second-order valence-electron chi connectivity index (χ2n) is 4.57. The fourth-order valence-electron chi connectivity index (χ4n) is 1.94. The fraction of sp³-hybridized carbons (Fsp3) is 0.188. The predicted octanol–water partition coefficient (Wildman–Crippen LogP) is 4.84. The summed E-state index contributed by atoms with van der Waals surface area (Å²) >= 11 is 6.24. The lowest BCUT2D eigenvalue weighted by Gasteiger charge is -2.12. The summed E-state index contributed by atoms with van der Waals surface area (Å²) in [4.78, 5) is 12.3. The van der Waals surface area contributed by atoms with Crippen LogP contribution in [-0.2, 0) is 11.2 Å². The zero-order valence-electron chi connectivity index (χ0n) is 12.2. The zero-order chi connectivity index (χ0) is 16.8. The van der Waals surface area contributed by atoms with Crippen LogP contribution in [0.5, 0.6) is 5.75 Å². The number of thioether (sulfide) groups is 1. The third-order valence-corrected chi connectivity index (χ3v) is 4.25. The van der Waals surface area contributed by atoms with E-state index in [0.717, 1.165) is 5.56 Å². The fourth-order valence-corrected chi connectivity index (χ4v) is 2.85. The van der Waals surface area contributed by atoms with E-state index in [9.17, 15) is 13.6 Å². The van der Waals surface area contributed by atoms with Crippen molar-refractivity contribution in [2.75, 3.05) is 12.4 Å². The first-order valence-corrected chi connectivity index (χ1v) is 7.91. The maximum atomic E-state index is 12.6. The van der Waals surface area contributed by atoms with E-state index in [0.29, 0.717) is 17.5 Å². The number of carbonyl (C=O) groups is 1. The van der Waals surface area contributed by atoms with E-state index in [4.69, 9.17) is 16.3 Å². The van der Waals surface area contributed by atoms with Crippen molar-refractivity contribution in [1.82, 2.24) is 0 Å². The smallest absolute Gasteiger partial charge is 0.289 e. The SMILES string of the molecule is COc1ccc(CC(=O)Nc2cccc(Cl)c2SC(F)F)cc1. The van der Waals surface area contributed by atoms with Gasteiger partial charge in [0.1, 0.15) is 5.75 Å². The average Bonchev–Trinajstić information content (AvgIpc) is 2.51. The summed E-state index contributed by atoms with van der Waals surface area (Å²) in [6.45, 7) is 0. The highest BCUT2D eigenvalue weighted by Crippen LogP contribution is 2.37. The Hall–Kier alpha value is -1.79. The summed E-state index contributed by atoms with van der Waals surface area (Å²) < 4.78 is 30.3. The summed E-state index contributed by atoms with van der Waals surface area (Å²) in [5.74, 6) is -2.24. The van der Waals surface area contributed by atoms with Gasteiger partial charge in [0.25, 0.3) is 5.76 Å². The number of anilines is 1.